The summed E-state index contributed by atoms with van der Waals surface area (Å²) in [5.41, 5.74) is 0. The molecule has 0 aromatic heterocycles. The zero-order chi connectivity index (χ0) is 7.56. The third kappa shape index (κ3) is 1.41. The molecule has 0 radical (unpaired) electrons. The van der Waals surface area contributed by atoms with Gasteiger partial charge >= 0.3 is 6.03 Å². The summed E-state index contributed by atoms with van der Waals surface area (Å²) in [7, 11) is 0. The normalized spacial score (nSPS) is 24.3. The Bertz CT molecular complexity index is 171. The van der Waals surface area contributed by atoms with Gasteiger partial charge in [-0.15, -0.1) is 0 Å². The van der Waals surface area contributed by atoms with Crippen molar-refractivity contribution in [1.29, 1.82) is 0 Å². The molecule has 0 aliphatic carbocycles. The molecule has 0 unspecified atom stereocenters. The fourth-order valence-electron chi connectivity index (χ4n) is 0.791. The number of carbonyl (C=O) groups excluding carboxylic acids is 2. The summed E-state index contributed by atoms with van der Waals surface area (Å²) in [6.07, 6.45) is 0.584. The lowest BCUT2D eigenvalue weighted by atomic mass is 10.2. The van der Waals surface area contributed by atoms with Gasteiger partial charge in [0.2, 0.25) is 0 Å². The third-order valence-corrected chi connectivity index (χ3v) is 1.53. The molecule has 1 aliphatic rings. The lowest BCUT2D eigenvalue weighted by molar-refractivity contribution is -0.120. The van der Waals surface area contributed by atoms with E-state index in [-0.39, 0.29) is 11.9 Å². The Balaban J connectivity index is 2.46. The number of carbonyl (C=O) groups is 2. The van der Waals surface area contributed by atoms with Crippen LogP contribution in [0.1, 0.15) is 6.42 Å². The number of hydrogen-bond acceptors (Lipinski definition) is 3. The van der Waals surface area contributed by atoms with Gasteiger partial charge in [0.15, 0.2) is 0 Å². The van der Waals surface area contributed by atoms with E-state index in [1.807, 2.05) is 0 Å². The number of hydrogen-bond donors (Lipinski definition) is 3. The first-order valence-electron chi connectivity index (χ1n) is 2.96. The standard InChI is InChI=1S/C5H8N2O2S/c8-4-3(1-2-10)6-5(9)7-4/h3,10H,1-2H2,(H2,6,7,8,9)/t3-/m0/s1. The number of nitrogens with one attached hydrogen (secondary N) is 2. The quantitative estimate of drug-likeness (QED) is 0.377. The molecule has 0 aromatic rings. The minimum atomic E-state index is -0.406. The Labute approximate surface area is 63.8 Å². The van der Waals surface area contributed by atoms with Gasteiger partial charge in [-0.25, -0.2) is 4.79 Å². The molecule has 1 saturated heterocycles. The van der Waals surface area contributed by atoms with Crippen molar-refractivity contribution < 1.29 is 9.59 Å². The van der Waals surface area contributed by atoms with Crippen LogP contribution in [0.3, 0.4) is 0 Å². The van der Waals surface area contributed by atoms with Crippen molar-refractivity contribution in [3.63, 3.8) is 0 Å². The van der Waals surface area contributed by atoms with Crippen molar-refractivity contribution >= 4 is 24.6 Å². The van der Waals surface area contributed by atoms with E-state index in [1.165, 1.54) is 0 Å². The van der Waals surface area contributed by atoms with Crippen LogP contribution in [-0.4, -0.2) is 23.7 Å². The Morgan fingerprint density at radius 2 is 2.20 bits per heavy atom. The molecule has 5 heteroatoms. The Kier molecular flexibility index (Phi) is 2.16. The first kappa shape index (κ1) is 7.40. The Hall–Kier alpha value is -0.710. The second-order valence-electron chi connectivity index (χ2n) is 2.03. The van der Waals surface area contributed by atoms with E-state index in [4.69, 9.17) is 0 Å². The molecule has 2 N–H and O–H groups in total. The highest BCUT2D eigenvalue weighted by Gasteiger charge is 2.27. The Morgan fingerprint density at radius 3 is 2.60 bits per heavy atom. The molecule has 1 rings (SSSR count). The molecule has 56 valence electrons. The van der Waals surface area contributed by atoms with Gasteiger partial charge in [-0.2, -0.15) is 12.6 Å². The maximum atomic E-state index is 10.7. The number of amides is 3. The fourth-order valence-corrected chi connectivity index (χ4v) is 1.05. The minimum Gasteiger partial charge on any atom is -0.326 e. The van der Waals surface area contributed by atoms with Crippen LogP contribution >= 0.6 is 12.6 Å². The molecule has 1 fully saturated rings. The highest BCUT2D eigenvalue weighted by atomic mass is 32.1. The molecule has 0 spiro atoms. The van der Waals surface area contributed by atoms with E-state index in [9.17, 15) is 9.59 Å². The summed E-state index contributed by atoms with van der Waals surface area (Å²) < 4.78 is 0. The first-order chi connectivity index (χ1) is 4.74. The van der Waals surface area contributed by atoms with Gasteiger partial charge in [0, 0.05) is 0 Å². The van der Waals surface area contributed by atoms with E-state index in [2.05, 4.69) is 23.3 Å². The second kappa shape index (κ2) is 2.92. The highest BCUT2D eigenvalue weighted by molar-refractivity contribution is 7.80. The molecule has 10 heavy (non-hydrogen) atoms. The molecule has 1 atom stereocenters. The van der Waals surface area contributed by atoms with Crippen molar-refractivity contribution in [3.8, 4) is 0 Å². The zero-order valence-electron chi connectivity index (χ0n) is 5.26. The van der Waals surface area contributed by atoms with Crippen molar-refractivity contribution in [2.45, 2.75) is 12.5 Å². The van der Waals surface area contributed by atoms with Gasteiger partial charge in [-0.1, -0.05) is 0 Å². The summed E-state index contributed by atoms with van der Waals surface area (Å²) in [5.74, 6) is 0.345. The largest absolute Gasteiger partial charge is 0.326 e. The van der Waals surface area contributed by atoms with Gasteiger partial charge in [0.25, 0.3) is 5.91 Å². The van der Waals surface area contributed by atoms with Gasteiger partial charge in [0.05, 0.1) is 0 Å². The minimum absolute atomic E-state index is 0.251. The number of rotatable bonds is 2. The lowest BCUT2D eigenvalue weighted by Crippen LogP contribution is -2.28. The monoisotopic (exact) mass is 160 g/mol. The van der Waals surface area contributed by atoms with Crippen LogP contribution in [0.5, 0.6) is 0 Å². The topological polar surface area (TPSA) is 58.2 Å². The van der Waals surface area contributed by atoms with Crippen molar-refractivity contribution in [1.82, 2.24) is 10.6 Å². The van der Waals surface area contributed by atoms with Crippen LogP contribution in [0.2, 0.25) is 0 Å². The zero-order valence-corrected chi connectivity index (χ0v) is 6.15. The second-order valence-corrected chi connectivity index (χ2v) is 2.47. The number of thiol groups is 1. The summed E-state index contributed by atoms with van der Waals surface area (Å²) >= 11 is 3.93. The summed E-state index contributed by atoms with van der Waals surface area (Å²) in [4.78, 5) is 21.2. The summed E-state index contributed by atoms with van der Waals surface area (Å²) in [6, 6.07) is -0.776. The van der Waals surface area contributed by atoms with Crippen LogP contribution in [0.4, 0.5) is 4.79 Å². The maximum absolute atomic E-state index is 10.7. The molecule has 0 aromatic carbocycles. The molecular weight excluding hydrogens is 152 g/mol. The predicted octanol–water partition coefficient (Wildman–Crippen LogP) is -0.486. The van der Waals surface area contributed by atoms with Crippen LogP contribution in [-0.2, 0) is 4.79 Å². The SMILES string of the molecule is O=C1NC(=O)[C@H](CCS)N1. The van der Waals surface area contributed by atoms with Gasteiger partial charge in [-0.3, -0.25) is 10.1 Å². The summed E-state index contributed by atoms with van der Waals surface area (Å²) in [5, 5.41) is 4.58. The van der Waals surface area contributed by atoms with E-state index in [1.54, 1.807) is 0 Å². The van der Waals surface area contributed by atoms with Crippen LogP contribution in [0.25, 0.3) is 0 Å². The molecule has 4 nitrogen and oxygen atoms in total. The average molecular weight is 160 g/mol. The fraction of sp³-hybridized carbons (Fsp3) is 0.600. The Morgan fingerprint density at radius 1 is 1.50 bits per heavy atom. The van der Waals surface area contributed by atoms with E-state index < -0.39 is 6.03 Å². The van der Waals surface area contributed by atoms with Gasteiger partial charge in [0.1, 0.15) is 6.04 Å². The average Bonchev–Trinajstić information content (AvgIpc) is 2.13. The molecule has 1 heterocycles. The molecule has 1 aliphatic heterocycles. The van der Waals surface area contributed by atoms with E-state index in [0.717, 1.165) is 0 Å². The van der Waals surface area contributed by atoms with Crippen LogP contribution in [0.15, 0.2) is 0 Å². The predicted molar refractivity (Wildman–Crippen MR) is 38.9 cm³/mol. The molecule has 3 amide bonds. The molecular formula is C5H8N2O2S. The third-order valence-electron chi connectivity index (χ3n) is 1.28. The van der Waals surface area contributed by atoms with E-state index in [0.29, 0.717) is 12.2 Å². The van der Waals surface area contributed by atoms with E-state index >= 15 is 0 Å². The van der Waals surface area contributed by atoms with Crippen LogP contribution < -0.4 is 10.6 Å². The van der Waals surface area contributed by atoms with Crippen LogP contribution in [0, 0.1) is 0 Å². The van der Waals surface area contributed by atoms with Gasteiger partial charge < -0.3 is 5.32 Å². The first-order valence-corrected chi connectivity index (χ1v) is 3.59. The smallest absolute Gasteiger partial charge is 0.322 e. The highest BCUT2D eigenvalue weighted by Crippen LogP contribution is 1.98. The number of imide groups is 1. The van der Waals surface area contributed by atoms with Gasteiger partial charge in [-0.05, 0) is 12.2 Å². The molecule has 0 bridgehead atoms. The molecule has 0 saturated carbocycles. The maximum Gasteiger partial charge on any atom is 0.322 e. The summed E-state index contributed by atoms with van der Waals surface area (Å²) in [6.45, 7) is 0. The lowest BCUT2D eigenvalue weighted by Gasteiger charge is -2.01. The van der Waals surface area contributed by atoms with Crippen molar-refractivity contribution in [2.75, 3.05) is 5.75 Å². The van der Waals surface area contributed by atoms with Crippen molar-refractivity contribution in [2.24, 2.45) is 0 Å². The van der Waals surface area contributed by atoms with Crippen molar-refractivity contribution in [3.05, 3.63) is 0 Å². The number of urea groups is 1.